The summed E-state index contributed by atoms with van der Waals surface area (Å²) in [6, 6.07) is 7.79. The molecule has 2 rings (SSSR count). The highest BCUT2D eigenvalue weighted by atomic mass is 79.9. The van der Waals surface area contributed by atoms with E-state index in [0.717, 1.165) is 16.6 Å². The molecule has 1 aromatic carbocycles. The van der Waals surface area contributed by atoms with E-state index < -0.39 is 5.67 Å². The summed E-state index contributed by atoms with van der Waals surface area (Å²) in [4.78, 5) is 2.03. The molecule has 1 aliphatic heterocycles. The molecule has 0 bridgehead atoms. The lowest BCUT2D eigenvalue weighted by atomic mass is 9.95. The molecule has 1 saturated heterocycles. The Morgan fingerprint density at radius 2 is 2.00 bits per heavy atom. The van der Waals surface area contributed by atoms with Crippen LogP contribution in [0.25, 0.3) is 0 Å². The van der Waals surface area contributed by atoms with Crippen LogP contribution < -0.4 is 0 Å². The third kappa shape index (κ3) is 3.75. The van der Waals surface area contributed by atoms with Gasteiger partial charge in [0.25, 0.3) is 0 Å². The van der Waals surface area contributed by atoms with Crippen LogP contribution in [0.4, 0.5) is 8.78 Å². The van der Waals surface area contributed by atoms with Gasteiger partial charge in [0.1, 0.15) is 5.67 Å². The van der Waals surface area contributed by atoms with Crippen LogP contribution in [0.1, 0.15) is 18.4 Å². The topological polar surface area (TPSA) is 3.24 Å². The zero-order valence-electron chi connectivity index (χ0n) is 10.3. The lowest BCUT2D eigenvalue weighted by molar-refractivity contribution is 0.164. The van der Waals surface area contributed by atoms with Gasteiger partial charge >= 0.3 is 0 Å². The maximum absolute atomic E-state index is 14.6. The molecular weight excluding hydrogens is 300 g/mol. The van der Waals surface area contributed by atoms with Crippen molar-refractivity contribution in [1.82, 2.24) is 4.90 Å². The van der Waals surface area contributed by atoms with Gasteiger partial charge in [-0.15, -0.1) is 0 Å². The molecule has 100 valence electrons. The number of halogens is 3. The van der Waals surface area contributed by atoms with E-state index in [1.807, 2.05) is 29.2 Å². The van der Waals surface area contributed by atoms with Crippen LogP contribution in [0.3, 0.4) is 0 Å². The van der Waals surface area contributed by atoms with Gasteiger partial charge in [0.15, 0.2) is 0 Å². The van der Waals surface area contributed by atoms with Gasteiger partial charge in [0.05, 0.1) is 6.67 Å². The zero-order valence-corrected chi connectivity index (χ0v) is 11.9. The number of alkyl halides is 2. The largest absolute Gasteiger partial charge is 0.300 e. The minimum atomic E-state index is -1.15. The molecule has 1 nitrogen and oxygen atoms in total. The van der Waals surface area contributed by atoms with E-state index in [1.54, 1.807) is 0 Å². The molecule has 0 aromatic heterocycles. The fourth-order valence-electron chi connectivity index (χ4n) is 2.50. The highest BCUT2D eigenvalue weighted by molar-refractivity contribution is 9.10. The number of nitrogens with zero attached hydrogens (tertiary/aromatic N) is 1. The first-order chi connectivity index (χ1) is 8.61. The molecule has 1 heterocycles. The minimum absolute atomic E-state index is 0.317. The van der Waals surface area contributed by atoms with Crippen LogP contribution in [-0.2, 0) is 6.42 Å². The lowest BCUT2D eigenvalue weighted by Crippen LogP contribution is -2.31. The fraction of sp³-hybridized carbons (Fsp3) is 0.571. The van der Waals surface area contributed by atoms with Gasteiger partial charge in [-0.05, 0) is 30.5 Å². The molecule has 4 heteroatoms. The van der Waals surface area contributed by atoms with Crippen molar-refractivity contribution < 1.29 is 8.78 Å². The summed E-state index contributed by atoms with van der Waals surface area (Å²) in [6.45, 7) is 1.53. The van der Waals surface area contributed by atoms with E-state index in [0.29, 0.717) is 32.4 Å². The Bertz CT molecular complexity index is 382. The van der Waals surface area contributed by atoms with Crippen molar-refractivity contribution in [1.29, 1.82) is 0 Å². The second-order valence-corrected chi connectivity index (χ2v) is 5.94. The summed E-state index contributed by atoms with van der Waals surface area (Å²) in [5.74, 6) is 0. The van der Waals surface area contributed by atoms with Gasteiger partial charge in [-0.1, -0.05) is 28.1 Å². The van der Waals surface area contributed by atoms with E-state index in [2.05, 4.69) is 15.9 Å². The Morgan fingerprint density at radius 3 is 2.67 bits per heavy atom. The van der Waals surface area contributed by atoms with Crippen molar-refractivity contribution >= 4 is 15.9 Å². The molecule has 0 amide bonds. The highest BCUT2D eigenvalue weighted by Gasteiger charge is 2.37. The Hall–Kier alpha value is -0.480. The van der Waals surface area contributed by atoms with E-state index in [9.17, 15) is 8.78 Å². The second kappa shape index (κ2) is 6.11. The van der Waals surface area contributed by atoms with Gasteiger partial charge in [0, 0.05) is 30.5 Å². The summed E-state index contributed by atoms with van der Waals surface area (Å²) in [5, 5.41) is 0. The molecule has 0 radical (unpaired) electrons. The average Bonchev–Trinajstić information content (AvgIpc) is 2.71. The molecule has 0 aliphatic carbocycles. The summed E-state index contributed by atoms with van der Waals surface area (Å²) in [6.07, 6.45) is 1.51. The molecule has 0 N–H and O–H groups in total. The third-order valence-corrected chi connectivity index (χ3v) is 3.95. The number of hydrogen-bond donors (Lipinski definition) is 0. The molecule has 0 spiro atoms. The van der Waals surface area contributed by atoms with Crippen molar-refractivity contribution in [2.45, 2.75) is 24.9 Å². The number of hydrogen-bond acceptors (Lipinski definition) is 1. The maximum atomic E-state index is 14.6. The predicted molar refractivity (Wildman–Crippen MR) is 73.3 cm³/mol. The van der Waals surface area contributed by atoms with Gasteiger partial charge in [-0.2, -0.15) is 0 Å². The summed E-state index contributed by atoms with van der Waals surface area (Å²) in [5.41, 5.74) is -0.127. The van der Waals surface area contributed by atoms with Gasteiger partial charge in [0.2, 0.25) is 0 Å². The maximum Gasteiger partial charge on any atom is 0.128 e. The SMILES string of the molecule is FCCCN1CCC(F)(Cc2ccc(Br)cc2)C1. The standard InChI is InChI=1S/C14H18BrF2N/c15-13-4-2-12(3-5-13)10-14(17)6-9-18(11-14)8-1-7-16/h2-5H,1,6-11H2. The van der Waals surface area contributed by atoms with Crippen LogP contribution in [0.2, 0.25) is 0 Å². The van der Waals surface area contributed by atoms with E-state index >= 15 is 0 Å². The molecular formula is C14H18BrF2N. The van der Waals surface area contributed by atoms with Gasteiger partial charge in [-0.3, -0.25) is 9.29 Å². The first-order valence-electron chi connectivity index (χ1n) is 6.33. The summed E-state index contributed by atoms with van der Waals surface area (Å²) < 4.78 is 27.7. The molecule has 18 heavy (non-hydrogen) atoms. The first-order valence-corrected chi connectivity index (χ1v) is 7.12. The van der Waals surface area contributed by atoms with Crippen molar-refractivity contribution in [3.63, 3.8) is 0 Å². The Morgan fingerprint density at radius 1 is 1.28 bits per heavy atom. The van der Waals surface area contributed by atoms with Crippen molar-refractivity contribution in [2.75, 3.05) is 26.3 Å². The Balaban J connectivity index is 1.91. The van der Waals surface area contributed by atoms with Crippen LogP contribution in [0.5, 0.6) is 0 Å². The molecule has 1 atom stereocenters. The van der Waals surface area contributed by atoms with Crippen LogP contribution >= 0.6 is 15.9 Å². The van der Waals surface area contributed by atoms with Crippen LogP contribution in [-0.4, -0.2) is 36.9 Å². The minimum Gasteiger partial charge on any atom is -0.300 e. The van der Waals surface area contributed by atoms with Crippen LogP contribution in [0, 0.1) is 0 Å². The van der Waals surface area contributed by atoms with Crippen molar-refractivity contribution in [3.8, 4) is 0 Å². The fourth-order valence-corrected chi connectivity index (χ4v) is 2.77. The monoisotopic (exact) mass is 317 g/mol. The zero-order chi connectivity index (χ0) is 13.0. The molecule has 1 fully saturated rings. The quantitative estimate of drug-likeness (QED) is 0.799. The predicted octanol–water partition coefficient (Wildman–Crippen LogP) is 3.77. The number of likely N-dealkylation sites (tertiary alicyclic amines) is 1. The molecule has 1 unspecified atom stereocenters. The molecule has 1 aliphatic rings. The van der Waals surface area contributed by atoms with E-state index in [-0.39, 0.29) is 6.67 Å². The Kier molecular flexibility index (Phi) is 4.73. The Labute approximate surface area is 115 Å². The molecule has 0 saturated carbocycles. The van der Waals surface area contributed by atoms with E-state index in [4.69, 9.17) is 0 Å². The summed E-state index contributed by atoms with van der Waals surface area (Å²) in [7, 11) is 0. The number of benzene rings is 1. The van der Waals surface area contributed by atoms with Crippen molar-refractivity contribution in [3.05, 3.63) is 34.3 Å². The van der Waals surface area contributed by atoms with E-state index in [1.165, 1.54) is 0 Å². The highest BCUT2D eigenvalue weighted by Crippen LogP contribution is 2.30. The average molecular weight is 318 g/mol. The van der Waals surface area contributed by atoms with Gasteiger partial charge in [-0.25, -0.2) is 4.39 Å². The second-order valence-electron chi connectivity index (χ2n) is 5.02. The third-order valence-electron chi connectivity index (χ3n) is 3.43. The smallest absolute Gasteiger partial charge is 0.128 e. The summed E-state index contributed by atoms with van der Waals surface area (Å²) >= 11 is 3.37. The van der Waals surface area contributed by atoms with Gasteiger partial charge < -0.3 is 0 Å². The lowest BCUT2D eigenvalue weighted by Gasteiger charge is -2.21. The molecule has 1 aromatic rings. The van der Waals surface area contributed by atoms with Crippen LogP contribution in [0.15, 0.2) is 28.7 Å². The number of rotatable bonds is 5. The first kappa shape index (κ1) is 13.9. The normalized spacial score (nSPS) is 24.6. The van der Waals surface area contributed by atoms with Crippen molar-refractivity contribution in [2.24, 2.45) is 0 Å².